The summed E-state index contributed by atoms with van der Waals surface area (Å²) in [5.41, 5.74) is 2.87. The Bertz CT molecular complexity index is 779. The first-order valence-corrected chi connectivity index (χ1v) is 11.2. The average Bonchev–Trinajstić information content (AvgIpc) is 3.04. The van der Waals surface area contributed by atoms with Crippen molar-refractivity contribution in [1.82, 2.24) is 20.9 Å². The molecule has 0 unspecified atom stereocenters. The maximum Gasteiger partial charge on any atom is 0.251 e. The molecule has 2 aromatic rings. The molecule has 0 fully saturated rings. The number of aryl methyl sites for hydroxylation is 2. The molecule has 0 aliphatic rings. The highest BCUT2D eigenvalue weighted by Crippen LogP contribution is 2.16. The van der Waals surface area contributed by atoms with Gasteiger partial charge in [0.2, 0.25) is 0 Å². The van der Waals surface area contributed by atoms with Crippen LogP contribution in [0.15, 0.2) is 29.3 Å². The minimum absolute atomic E-state index is 0.0174. The third-order valence-electron chi connectivity index (χ3n) is 4.50. The molecule has 2 rings (SSSR count). The minimum Gasteiger partial charge on any atom is -0.357 e. The third-order valence-corrected chi connectivity index (χ3v) is 5.63. The molecule has 0 spiro atoms. The standard InChI is InChI=1S/C22H33N5OS/c1-5-7-13-24-21(28)19-10-8-18(9-11-19)15-26-22(23-6-2)25-14-12-20-27-16(3)17(4)29-20/h8-11H,5-7,12-15H2,1-4H3,(H,24,28)(H2,23,25,26). The van der Waals surface area contributed by atoms with Gasteiger partial charge in [-0.25, -0.2) is 9.98 Å². The van der Waals surface area contributed by atoms with Gasteiger partial charge in [0, 0.05) is 36.5 Å². The number of benzene rings is 1. The van der Waals surface area contributed by atoms with Gasteiger partial charge in [-0.1, -0.05) is 25.5 Å². The van der Waals surface area contributed by atoms with Crippen LogP contribution in [0.4, 0.5) is 0 Å². The van der Waals surface area contributed by atoms with Gasteiger partial charge in [0.15, 0.2) is 5.96 Å². The lowest BCUT2D eigenvalue weighted by atomic mass is 10.1. The van der Waals surface area contributed by atoms with Crippen LogP contribution in [0.3, 0.4) is 0 Å². The van der Waals surface area contributed by atoms with Crippen LogP contribution >= 0.6 is 11.3 Å². The number of aliphatic imine (C=N–C) groups is 1. The van der Waals surface area contributed by atoms with Gasteiger partial charge < -0.3 is 16.0 Å². The molecule has 0 atom stereocenters. The molecule has 6 nitrogen and oxygen atoms in total. The van der Waals surface area contributed by atoms with E-state index in [1.807, 2.05) is 31.2 Å². The molecular formula is C22H33N5OS. The first kappa shape index (κ1) is 22.9. The van der Waals surface area contributed by atoms with Gasteiger partial charge in [-0.2, -0.15) is 0 Å². The quantitative estimate of drug-likeness (QED) is 0.315. The van der Waals surface area contributed by atoms with E-state index in [0.29, 0.717) is 12.1 Å². The van der Waals surface area contributed by atoms with Crippen molar-refractivity contribution in [2.24, 2.45) is 4.99 Å². The molecule has 7 heteroatoms. The van der Waals surface area contributed by atoms with Crippen LogP contribution in [0.2, 0.25) is 0 Å². The number of guanidine groups is 1. The Kier molecular flexibility index (Phi) is 9.64. The minimum atomic E-state index is -0.0174. The van der Waals surface area contributed by atoms with Crippen molar-refractivity contribution < 1.29 is 4.79 Å². The monoisotopic (exact) mass is 415 g/mol. The lowest BCUT2D eigenvalue weighted by Gasteiger charge is -2.11. The van der Waals surface area contributed by atoms with Crippen LogP contribution in [-0.2, 0) is 13.0 Å². The van der Waals surface area contributed by atoms with E-state index in [-0.39, 0.29) is 5.91 Å². The van der Waals surface area contributed by atoms with Crippen LogP contribution in [0.5, 0.6) is 0 Å². The van der Waals surface area contributed by atoms with E-state index in [4.69, 9.17) is 0 Å². The summed E-state index contributed by atoms with van der Waals surface area (Å²) in [7, 11) is 0. The molecule has 3 N–H and O–H groups in total. The third kappa shape index (κ3) is 7.85. The number of rotatable bonds is 10. The van der Waals surface area contributed by atoms with Crippen LogP contribution in [-0.4, -0.2) is 36.5 Å². The number of carbonyl (C=O) groups excluding carboxylic acids is 1. The van der Waals surface area contributed by atoms with Gasteiger partial charge in [-0.3, -0.25) is 4.79 Å². The SMILES string of the molecule is CCCCNC(=O)c1ccc(CN=C(NCC)NCCc2nc(C)c(C)s2)cc1. The predicted octanol–water partition coefficient (Wildman–Crippen LogP) is 3.59. The van der Waals surface area contributed by atoms with Gasteiger partial charge in [-0.05, 0) is 44.9 Å². The molecule has 0 saturated carbocycles. The van der Waals surface area contributed by atoms with E-state index >= 15 is 0 Å². The maximum absolute atomic E-state index is 12.1. The molecule has 0 bridgehead atoms. The van der Waals surface area contributed by atoms with Crippen molar-refractivity contribution in [3.05, 3.63) is 51.0 Å². The summed E-state index contributed by atoms with van der Waals surface area (Å²) in [6.07, 6.45) is 2.95. The van der Waals surface area contributed by atoms with Crippen LogP contribution in [0, 0.1) is 13.8 Å². The molecule has 1 aromatic carbocycles. The predicted molar refractivity (Wildman–Crippen MR) is 122 cm³/mol. The number of aromatic nitrogens is 1. The molecule has 29 heavy (non-hydrogen) atoms. The van der Waals surface area contributed by atoms with Crippen LogP contribution in [0.1, 0.15) is 58.2 Å². The Morgan fingerprint density at radius 2 is 1.83 bits per heavy atom. The summed E-state index contributed by atoms with van der Waals surface area (Å²) < 4.78 is 0. The molecule has 1 heterocycles. The highest BCUT2D eigenvalue weighted by molar-refractivity contribution is 7.11. The number of nitrogens with zero attached hydrogens (tertiary/aromatic N) is 2. The van der Waals surface area contributed by atoms with Crippen molar-refractivity contribution in [2.75, 3.05) is 19.6 Å². The van der Waals surface area contributed by atoms with Gasteiger partial charge in [0.25, 0.3) is 5.91 Å². The van der Waals surface area contributed by atoms with E-state index in [1.165, 1.54) is 4.88 Å². The van der Waals surface area contributed by atoms with E-state index < -0.39 is 0 Å². The number of amides is 1. The highest BCUT2D eigenvalue weighted by Gasteiger charge is 2.06. The summed E-state index contributed by atoms with van der Waals surface area (Å²) in [5, 5.41) is 10.7. The number of hydrogen-bond acceptors (Lipinski definition) is 4. The van der Waals surface area contributed by atoms with Crippen LogP contribution in [0.25, 0.3) is 0 Å². The van der Waals surface area contributed by atoms with Crippen molar-refractivity contribution in [2.45, 2.75) is 53.5 Å². The first-order chi connectivity index (χ1) is 14.0. The number of nitrogens with one attached hydrogen (secondary N) is 3. The Labute approximate surface area is 178 Å². The molecule has 0 aliphatic heterocycles. The zero-order chi connectivity index (χ0) is 21.1. The van der Waals surface area contributed by atoms with Crippen molar-refractivity contribution in [3.63, 3.8) is 0 Å². The Morgan fingerprint density at radius 3 is 2.45 bits per heavy atom. The lowest BCUT2D eigenvalue weighted by Crippen LogP contribution is -2.38. The average molecular weight is 416 g/mol. The number of thiazole rings is 1. The molecular weight excluding hydrogens is 382 g/mol. The Morgan fingerprint density at radius 1 is 1.07 bits per heavy atom. The topological polar surface area (TPSA) is 78.4 Å². The lowest BCUT2D eigenvalue weighted by molar-refractivity contribution is 0.0953. The Hall–Kier alpha value is -2.41. The van der Waals surface area contributed by atoms with E-state index in [0.717, 1.165) is 61.1 Å². The van der Waals surface area contributed by atoms with E-state index in [2.05, 4.69) is 46.7 Å². The molecule has 0 radical (unpaired) electrons. The fraction of sp³-hybridized carbons (Fsp3) is 0.500. The Balaban J connectivity index is 1.85. The second-order valence-electron chi connectivity index (χ2n) is 6.93. The van der Waals surface area contributed by atoms with Gasteiger partial charge in [0.1, 0.15) is 0 Å². The van der Waals surface area contributed by atoms with Crippen LogP contribution < -0.4 is 16.0 Å². The molecule has 0 aliphatic carbocycles. The van der Waals surface area contributed by atoms with E-state index in [1.54, 1.807) is 11.3 Å². The van der Waals surface area contributed by atoms with Crippen molar-refractivity contribution >= 4 is 23.2 Å². The fourth-order valence-corrected chi connectivity index (χ4v) is 3.62. The highest BCUT2D eigenvalue weighted by atomic mass is 32.1. The van der Waals surface area contributed by atoms with Gasteiger partial charge >= 0.3 is 0 Å². The van der Waals surface area contributed by atoms with Gasteiger partial charge in [0.05, 0.1) is 17.2 Å². The van der Waals surface area contributed by atoms with E-state index in [9.17, 15) is 4.79 Å². The molecule has 1 aromatic heterocycles. The zero-order valence-electron chi connectivity index (χ0n) is 18.0. The second-order valence-corrected chi connectivity index (χ2v) is 8.22. The first-order valence-electron chi connectivity index (χ1n) is 10.4. The number of unbranched alkanes of at least 4 members (excludes halogenated alkanes) is 1. The summed E-state index contributed by atoms with van der Waals surface area (Å²) in [6.45, 7) is 11.2. The summed E-state index contributed by atoms with van der Waals surface area (Å²) in [6, 6.07) is 7.64. The fourth-order valence-electron chi connectivity index (χ4n) is 2.69. The number of carbonyl (C=O) groups is 1. The molecule has 158 valence electrons. The zero-order valence-corrected chi connectivity index (χ0v) is 18.8. The second kappa shape index (κ2) is 12.2. The van der Waals surface area contributed by atoms with Gasteiger partial charge in [-0.15, -0.1) is 11.3 Å². The largest absolute Gasteiger partial charge is 0.357 e. The summed E-state index contributed by atoms with van der Waals surface area (Å²) in [4.78, 5) is 22.6. The summed E-state index contributed by atoms with van der Waals surface area (Å²) in [5.74, 6) is 0.773. The normalized spacial score (nSPS) is 11.4. The van der Waals surface area contributed by atoms with Crippen molar-refractivity contribution in [1.29, 1.82) is 0 Å². The molecule has 0 saturated heterocycles. The molecule has 1 amide bonds. The van der Waals surface area contributed by atoms with Crippen molar-refractivity contribution in [3.8, 4) is 0 Å². The summed E-state index contributed by atoms with van der Waals surface area (Å²) >= 11 is 1.76. The smallest absolute Gasteiger partial charge is 0.251 e. The number of hydrogen-bond donors (Lipinski definition) is 3. The maximum atomic E-state index is 12.1.